The highest BCUT2D eigenvalue weighted by Gasteiger charge is 2.23. The quantitative estimate of drug-likeness (QED) is 0.230. The number of rotatable bonds is 7. The van der Waals surface area contributed by atoms with Crippen LogP contribution in [-0.2, 0) is 9.53 Å². The van der Waals surface area contributed by atoms with Crippen molar-refractivity contribution in [3.8, 4) is 40.0 Å². The number of aromatic nitrogens is 1. The molecule has 0 spiro atoms. The van der Waals surface area contributed by atoms with Crippen molar-refractivity contribution in [1.82, 2.24) is 9.47 Å². The van der Waals surface area contributed by atoms with E-state index in [9.17, 15) is 10.1 Å². The lowest BCUT2D eigenvalue weighted by atomic mass is 10.0. The molecular weight excluding hydrogens is 474 g/mol. The van der Waals surface area contributed by atoms with E-state index in [0.717, 1.165) is 39.5 Å². The second kappa shape index (κ2) is 11.6. The van der Waals surface area contributed by atoms with Crippen molar-refractivity contribution in [2.45, 2.75) is 6.92 Å². The molecule has 0 radical (unpaired) electrons. The molecule has 1 aromatic heterocycles. The largest absolute Gasteiger partial charge is 0.494 e. The molecule has 0 saturated carbocycles. The molecule has 1 amide bonds. The highest BCUT2D eigenvalue weighted by atomic mass is 16.5. The van der Waals surface area contributed by atoms with Gasteiger partial charge in [0, 0.05) is 24.3 Å². The van der Waals surface area contributed by atoms with Crippen LogP contribution in [0.4, 0.5) is 0 Å². The van der Waals surface area contributed by atoms with Gasteiger partial charge in [-0.15, -0.1) is 0 Å². The van der Waals surface area contributed by atoms with Crippen molar-refractivity contribution < 1.29 is 14.3 Å². The summed E-state index contributed by atoms with van der Waals surface area (Å²) in [6, 6.07) is 32.4. The Hall–Kier alpha value is -4.60. The summed E-state index contributed by atoms with van der Waals surface area (Å²) in [6.45, 7) is 4.47. The molecule has 1 aliphatic heterocycles. The number of carbonyl (C=O) groups excluding carboxylic acids is 1. The van der Waals surface area contributed by atoms with Gasteiger partial charge < -0.3 is 18.9 Å². The fourth-order valence-electron chi connectivity index (χ4n) is 4.71. The van der Waals surface area contributed by atoms with E-state index in [2.05, 4.69) is 28.8 Å². The first-order valence-corrected chi connectivity index (χ1v) is 12.8. The summed E-state index contributed by atoms with van der Waals surface area (Å²) in [5.74, 6) is 0.527. The summed E-state index contributed by atoms with van der Waals surface area (Å²) in [7, 11) is 0. The second-order valence-corrected chi connectivity index (χ2v) is 8.90. The van der Waals surface area contributed by atoms with E-state index in [1.165, 1.54) is 0 Å². The zero-order valence-corrected chi connectivity index (χ0v) is 21.3. The van der Waals surface area contributed by atoms with Crippen molar-refractivity contribution in [3.63, 3.8) is 0 Å². The maximum atomic E-state index is 13.3. The first kappa shape index (κ1) is 25.1. The molecule has 3 aromatic carbocycles. The average Bonchev–Trinajstić information content (AvgIpc) is 3.36. The van der Waals surface area contributed by atoms with Gasteiger partial charge in [-0.05, 0) is 54.5 Å². The first-order chi connectivity index (χ1) is 18.7. The summed E-state index contributed by atoms with van der Waals surface area (Å²) >= 11 is 0. The summed E-state index contributed by atoms with van der Waals surface area (Å²) in [4.78, 5) is 15.0. The van der Waals surface area contributed by atoms with Crippen LogP contribution < -0.4 is 4.74 Å². The predicted molar refractivity (Wildman–Crippen MR) is 149 cm³/mol. The highest BCUT2D eigenvalue weighted by Crippen LogP contribution is 2.37. The number of hydrogen-bond donors (Lipinski definition) is 0. The summed E-state index contributed by atoms with van der Waals surface area (Å²) in [5, 5.41) is 10.0. The molecule has 6 nitrogen and oxygen atoms in total. The van der Waals surface area contributed by atoms with Crippen LogP contribution in [0.25, 0.3) is 34.3 Å². The van der Waals surface area contributed by atoms with Crippen molar-refractivity contribution >= 4 is 12.0 Å². The third kappa shape index (κ3) is 5.24. The van der Waals surface area contributed by atoms with Crippen molar-refractivity contribution in [2.24, 2.45) is 0 Å². The highest BCUT2D eigenvalue weighted by molar-refractivity contribution is 6.03. The van der Waals surface area contributed by atoms with Gasteiger partial charge in [0.05, 0.1) is 31.2 Å². The lowest BCUT2D eigenvalue weighted by Crippen LogP contribution is -2.41. The van der Waals surface area contributed by atoms with Gasteiger partial charge >= 0.3 is 0 Å². The number of hydrogen-bond acceptors (Lipinski definition) is 4. The summed E-state index contributed by atoms with van der Waals surface area (Å²) < 4.78 is 13.2. The van der Waals surface area contributed by atoms with E-state index in [0.29, 0.717) is 32.9 Å². The van der Waals surface area contributed by atoms with E-state index in [4.69, 9.17) is 9.47 Å². The Balaban J connectivity index is 1.73. The molecule has 38 heavy (non-hydrogen) atoms. The molecule has 6 heteroatoms. The molecule has 190 valence electrons. The molecule has 4 aromatic rings. The molecule has 0 N–H and O–H groups in total. The van der Waals surface area contributed by atoms with E-state index in [-0.39, 0.29) is 11.5 Å². The number of benzene rings is 3. The lowest BCUT2D eigenvalue weighted by Gasteiger charge is -2.26. The van der Waals surface area contributed by atoms with Crippen molar-refractivity contribution in [2.75, 3.05) is 32.9 Å². The van der Waals surface area contributed by atoms with E-state index < -0.39 is 0 Å². The van der Waals surface area contributed by atoms with Gasteiger partial charge in [-0.1, -0.05) is 60.7 Å². The van der Waals surface area contributed by atoms with Crippen molar-refractivity contribution in [3.05, 3.63) is 102 Å². The molecule has 0 atom stereocenters. The Morgan fingerprint density at radius 3 is 2.18 bits per heavy atom. The zero-order valence-electron chi connectivity index (χ0n) is 21.3. The van der Waals surface area contributed by atoms with E-state index >= 15 is 0 Å². The van der Waals surface area contributed by atoms with E-state index in [1.807, 2.05) is 79.7 Å². The monoisotopic (exact) mass is 503 g/mol. The van der Waals surface area contributed by atoms with Crippen molar-refractivity contribution in [1.29, 1.82) is 5.26 Å². The second-order valence-electron chi connectivity index (χ2n) is 8.90. The minimum absolute atomic E-state index is 0.104. The Kier molecular flexibility index (Phi) is 7.67. The van der Waals surface area contributed by atoms with Crippen LogP contribution in [0.3, 0.4) is 0 Å². The van der Waals surface area contributed by atoms with Gasteiger partial charge in [0.2, 0.25) is 0 Å². The smallest absolute Gasteiger partial charge is 0.264 e. The van der Waals surface area contributed by atoms with Crippen LogP contribution in [0.1, 0.15) is 12.5 Å². The number of ether oxygens (including phenoxy) is 2. The lowest BCUT2D eigenvalue weighted by molar-refractivity contribution is -0.130. The molecule has 1 saturated heterocycles. The molecule has 2 heterocycles. The minimum Gasteiger partial charge on any atom is -0.494 e. The number of nitriles is 1. The minimum atomic E-state index is -0.273. The maximum Gasteiger partial charge on any atom is 0.264 e. The van der Waals surface area contributed by atoms with E-state index in [1.54, 1.807) is 11.0 Å². The molecule has 0 aliphatic carbocycles. The molecule has 5 rings (SSSR count). The SMILES string of the molecule is CCOc1ccc(-n2c(-c3ccccc3)cc(/C=C(\C#N)C(=O)N3CCOCC3)c2-c2ccccc2)cc1. The van der Waals surface area contributed by atoms with Crippen LogP contribution in [0, 0.1) is 11.3 Å². The number of nitrogens with zero attached hydrogens (tertiary/aromatic N) is 3. The molecular formula is C32H29N3O3. The van der Waals surface area contributed by atoms with Crippen LogP contribution in [0.5, 0.6) is 5.75 Å². The maximum absolute atomic E-state index is 13.3. The average molecular weight is 504 g/mol. The standard InChI is InChI=1S/C32H29N3O3/c1-2-38-29-15-13-28(14-16-29)35-30(24-9-5-3-6-10-24)22-26(31(35)25-11-7-4-8-12-25)21-27(23-33)32(36)34-17-19-37-20-18-34/h3-16,21-22H,2,17-20H2,1H3/b27-21+. The molecule has 0 bridgehead atoms. The summed E-state index contributed by atoms with van der Waals surface area (Å²) in [5.41, 5.74) is 5.70. The topological polar surface area (TPSA) is 67.5 Å². The molecule has 0 unspecified atom stereocenters. The van der Waals surface area contributed by atoms with Crippen LogP contribution in [-0.4, -0.2) is 48.3 Å². The fourth-order valence-corrected chi connectivity index (χ4v) is 4.71. The zero-order chi connectivity index (χ0) is 26.3. The Labute approximate surface area is 223 Å². The summed E-state index contributed by atoms with van der Waals surface area (Å²) in [6.07, 6.45) is 1.72. The van der Waals surface area contributed by atoms with Crippen LogP contribution >= 0.6 is 0 Å². The normalized spacial score (nSPS) is 13.7. The van der Waals surface area contributed by atoms with Crippen LogP contribution in [0.15, 0.2) is 96.6 Å². The van der Waals surface area contributed by atoms with Gasteiger partial charge in [-0.2, -0.15) is 5.26 Å². The molecule has 1 fully saturated rings. The van der Waals surface area contributed by atoms with Crippen LogP contribution in [0.2, 0.25) is 0 Å². The van der Waals surface area contributed by atoms with Gasteiger partial charge in [0.15, 0.2) is 0 Å². The third-order valence-electron chi connectivity index (χ3n) is 6.50. The Morgan fingerprint density at radius 1 is 0.947 bits per heavy atom. The third-order valence-corrected chi connectivity index (χ3v) is 6.50. The van der Waals surface area contributed by atoms with Gasteiger partial charge in [-0.25, -0.2) is 0 Å². The number of carbonyl (C=O) groups is 1. The molecule has 1 aliphatic rings. The van der Waals surface area contributed by atoms with Gasteiger partial charge in [-0.3, -0.25) is 4.79 Å². The number of amides is 1. The Morgan fingerprint density at radius 2 is 1.58 bits per heavy atom. The number of morpholine rings is 1. The fraction of sp³-hybridized carbons (Fsp3) is 0.188. The first-order valence-electron chi connectivity index (χ1n) is 12.8. The van der Waals surface area contributed by atoms with Gasteiger partial charge in [0.1, 0.15) is 17.4 Å². The Bertz CT molecular complexity index is 1460. The van der Waals surface area contributed by atoms with Gasteiger partial charge in [0.25, 0.3) is 5.91 Å². The predicted octanol–water partition coefficient (Wildman–Crippen LogP) is 5.98.